The van der Waals surface area contributed by atoms with Crippen LogP contribution in [0.4, 0.5) is 5.69 Å². The Hall–Kier alpha value is -3.40. The number of Topliss-reactive ketones (excluding diaryl/α,β-unsaturated/α-hetero) is 1. The average molecular weight is 497 g/mol. The van der Waals surface area contributed by atoms with E-state index in [2.05, 4.69) is 5.32 Å². The molecule has 6 N–H and O–H groups in total. The predicted molar refractivity (Wildman–Crippen MR) is 107 cm³/mol. The molecule has 0 aliphatic carbocycles. The summed E-state index contributed by atoms with van der Waals surface area (Å²) in [5.74, 6) is -6.06. The topological polar surface area (TPSA) is 199 Å². The zero-order valence-electron chi connectivity index (χ0n) is 16.1. The number of phenols is 1. The molecule has 0 aliphatic heterocycles. The first-order chi connectivity index (χ1) is 14.3. The maximum atomic E-state index is 11.5. The van der Waals surface area contributed by atoms with E-state index in [1.807, 2.05) is 0 Å². The molecule has 31 heavy (non-hydrogen) atoms. The van der Waals surface area contributed by atoms with Gasteiger partial charge < -0.3 is 10.2 Å². The van der Waals surface area contributed by atoms with Crippen LogP contribution in [0.25, 0.3) is 0 Å². The third-order valence-corrected chi connectivity index (χ3v) is 5.82. The first-order valence-electron chi connectivity index (χ1n) is 8.54. The molecule has 166 valence electrons. The molecule has 0 heterocycles. The van der Waals surface area contributed by atoms with Crippen molar-refractivity contribution >= 4 is 47.8 Å². The van der Waals surface area contributed by atoms with E-state index in [0.29, 0.717) is 5.56 Å². The van der Waals surface area contributed by atoms with Gasteiger partial charge >= 0.3 is 100 Å². The maximum absolute atomic E-state index is 11.5. The van der Waals surface area contributed by atoms with Crippen LogP contribution in [0.3, 0.4) is 0 Å². The molecule has 0 aliphatic rings. The van der Waals surface area contributed by atoms with Crippen LogP contribution >= 0.6 is 0 Å². The normalized spacial score (nSPS) is 10.6. The van der Waals surface area contributed by atoms with E-state index >= 15 is 0 Å². The Morgan fingerprint density at radius 2 is 1.48 bits per heavy atom. The minimum atomic E-state index is -5.14. The summed E-state index contributed by atoms with van der Waals surface area (Å²) < 4.78 is 28.8. The Kier molecular flexibility index (Phi) is 9.19. The number of hydrogen-bond donors (Lipinski definition) is 6. The van der Waals surface area contributed by atoms with Crippen molar-refractivity contribution in [3.63, 3.8) is 0 Å². The molecule has 0 aromatic heterocycles. The molecule has 2 aromatic carbocycles. The van der Waals surface area contributed by atoms with Crippen molar-refractivity contribution < 1.29 is 46.4 Å². The molecule has 0 spiro atoms. The number of carbonyl (C=O) groups is 4. The zero-order chi connectivity index (χ0) is 23.8. The minimum Gasteiger partial charge on any atom is -0.481 e. The van der Waals surface area contributed by atoms with E-state index in [0.717, 1.165) is 0 Å². The molecule has 0 saturated heterocycles. The number of amides is 1. The number of para-hydroxylation sites is 1. The number of anilines is 1. The van der Waals surface area contributed by atoms with Crippen molar-refractivity contribution in [1.29, 1.82) is 0 Å². The van der Waals surface area contributed by atoms with Gasteiger partial charge in [-0.05, 0) is 0 Å². The van der Waals surface area contributed by atoms with Crippen LogP contribution in [-0.4, -0.2) is 61.3 Å². The van der Waals surface area contributed by atoms with Crippen LogP contribution in [0.2, 0.25) is 0 Å². The number of carboxylic acids is 2. The first-order valence-corrected chi connectivity index (χ1v) is 11.9. The van der Waals surface area contributed by atoms with Gasteiger partial charge in [-0.2, -0.15) is 0 Å². The second-order valence-corrected chi connectivity index (χ2v) is 9.41. The molecule has 2 rings (SSSR count). The molecule has 0 radical (unpaired) electrons. The Balaban J connectivity index is 0.000000311. The number of nitrogens with one attached hydrogen (secondary N) is 1. The molecular formula is C19H20AsNO10. The van der Waals surface area contributed by atoms with Crippen molar-refractivity contribution in [2.75, 3.05) is 5.32 Å². The molecule has 11 nitrogen and oxygen atoms in total. The van der Waals surface area contributed by atoms with Crippen LogP contribution in [0, 0.1) is 5.92 Å². The fourth-order valence-corrected chi connectivity index (χ4v) is 3.84. The number of benzene rings is 2. The van der Waals surface area contributed by atoms with Crippen LogP contribution in [0.15, 0.2) is 48.5 Å². The number of aromatic hydroxyl groups is 1. The van der Waals surface area contributed by atoms with Crippen LogP contribution in [0.1, 0.15) is 23.7 Å². The number of carbonyl (C=O) groups excluding carboxylic acids is 2. The van der Waals surface area contributed by atoms with E-state index < -0.39 is 50.1 Å². The average Bonchev–Trinajstić information content (AvgIpc) is 2.67. The van der Waals surface area contributed by atoms with E-state index in [1.54, 1.807) is 18.2 Å². The standard InChI is InChI=1S/C11H10O5.C8H10AsNO5/c12-9(7-4-2-1-3-5-7)6-8(10(13)14)11(15)16;1-5(11)10-8-6(9(13,14)15)3-2-4-7(8)12/h1-5,8H,6H2,(H,13,14)(H,15,16);2-4,12H,1H3,(H,10,11)(H2,13,14,15). The number of carboxylic acid groups (broad SMARTS) is 2. The summed E-state index contributed by atoms with van der Waals surface area (Å²) >= 11 is -5.14. The van der Waals surface area contributed by atoms with Crippen LogP contribution in [0.5, 0.6) is 5.75 Å². The van der Waals surface area contributed by atoms with E-state index in [1.165, 1.54) is 37.3 Å². The van der Waals surface area contributed by atoms with Gasteiger partial charge in [-0.3, -0.25) is 14.4 Å². The van der Waals surface area contributed by atoms with Crippen molar-refractivity contribution in [1.82, 2.24) is 0 Å². The summed E-state index contributed by atoms with van der Waals surface area (Å²) in [5.41, 5.74) is 0.0903. The molecule has 0 saturated carbocycles. The fraction of sp³-hybridized carbons (Fsp3) is 0.158. The summed E-state index contributed by atoms with van der Waals surface area (Å²) in [4.78, 5) is 43.5. The number of aliphatic carboxylic acids is 2. The zero-order valence-corrected chi connectivity index (χ0v) is 18.0. The second kappa shape index (κ2) is 11.1. The molecule has 0 unspecified atom stereocenters. The summed E-state index contributed by atoms with van der Waals surface area (Å²) in [7, 11) is 0. The van der Waals surface area contributed by atoms with Crippen LogP contribution in [-0.2, 0) is 18.1 Å². The van der Waals surface area contributed by atoms with Crippen molar-refractivity contribution in [2.45, 2.75) is 13.3 Å². The van der Waals surface area contributed by atoms with Crippen molar-refractivity contribution in [2.24, 2.45) is 5.92 Å². The van der Waals surface area contributed by atoms with Gasteiger partial charge in [-0.25, -0.2) is 0 Å². The Labute approximate surface area is 179 Å². The minimum absolute atomic E-state index is 0.225. The quantitative estimate of drug-likeness (QED) is 0.131. The molecule has 2 aromatic rings. The van der Waals surface area contributed by atoms with Gasteiger partial charge in [-0.15, -0.1) is 0 Å². The SMILES string of the molecule is CC(=O)Nc1c(O)cccc1[As](=O)(O)O.O=C(CC(C(=O)O)C(=O)O)c1ccccc1. The summed E-state index contributed by atoms with van der Waals surface area (Å²) in [6.07, 6.45) is -0.533. The third kappa shape index (κ3) is 8.09. The van der Waals surface area contributed by atoms with Crippen molar-refractivity contribution in [3.05, 3.63) is 54.1 Å². The van der Waals surface area contributed by atoms with E-state index in [9.17, 15) is 28.0 Å². The number of phenolic OH excluding ortho intramolecular Hbond substituents is 1. The molecule has 0 atom stereocenters. The molecule has 12 heteroatoms. The molecule has 1 amide bonds. The van der Waals surface area contributed by atoms with E-state index in [-0.39, 0.29) is 15.8 Å². The predicted octanol–water partition coefficient (Wildman–Crippen LogP) is -0.0436. The van der Waals surface area contributed by atoms with Gasteiger partial charge in [0.05, 0.1) is 0 Å². The molecule has 0 bridgehead atoms. The Morgan fingerprint density at radius 1 is 0.935 bits per heavy atom. The number of hydrogen-bond acceptors (Lipinski definition) is 6. The van der Waals surface area contributed by atoms with Gasteiger partial charge in [-0.1, -0.05) is 30.3 Å². The smallest absolute Gasteiger partial charge is 0.318 e. The number of rotatable bonds is 7. The largest absolute Gasteiger partial charge is 0.481 e. The van der Waals surface area contributed by atoms with Gasteiger partial charge in [0.2, 0.25) is 0 Å². The Morgan fingerprint density at radius 3 is 1.94 bits per heavy atom. The van der Waals surface area contributed by atoms with Gasteiger partial charge in [0, 0.05) is 12.0 Å². The fourth-order valence-electron chi connectivity index (χ4n) is 2.28. The van der Waals surface area contributed by atoms with Gasteiger partial charge in [0.15, 0.2) is 11.7 Å². The summed E-state index contributed by atoms with van der Waals surface area (Å²) in [6.45, 7) is 1.18. The maximum Gasteiger partial charge on any atom is 0.318 e. The third-order valence-electron chi connectivity index (χ3n) is 3.72. The van der Waals surface area contributed by atoms with Gasteiger partial charge in [0.25, 0.3) is 0 Å². The van der Waals surface area contributed by atoms with Gasteiger partial charge in [0.1, 0.15) is 0 Å². The van der Waals surface area contributed by atoms with Crippen molar-refractivity contribution in [3.8, 4) is 5.75 Å². The van der Waals surface area contributed by atoms with E-state index in [4.69, 9.17) is 18.4 Å². The molecule has 0 fully saturated rings. The monoisotopic (exact) mass is 497 g/mol. The van der Waals surface area contributed by atoms with Crippen LogP contribution < -0.4 is 9.67 Å². The second-order valence-electron chi connectivity index (χ2n) is 6.12. The summed E-state index contributed by atoms with van der Waals surface area (Å²) in [6, 6.07) is 11.7. The first kappa shape index (κ1) is 25.6. The Bertz CT molecular complexity index is 1000. The number of ketones is 1. The molecular weight excluding hydrogens is 477 g/mol. The summed E-state index contributed by atoms with van der Waals surface area (Å²) in [5, 5.41) is 28.8.